The summed E-state index contributed by atoms with van der Waals surface area (Å²) in [4.78, 5) is 22.6. The van der Waals surface area contributed by atoms with Crippen LogP contribution in [0.5, 0.6) is 0 Å². The molecule has 4 nitrogen and oxygen atoms in total. The molecule has 2 aromatic carbocycles. The molecule has 1 N–H and O–H groups in total. The number of carbonyl (C=O) groups excluding carboxylic acids is 1. The molecule has 0 bridgehead atoms. The van der Waals surface area contributed by atoms with Crippen LogP contribution in [0.25, 0.3) is 20.4 Å². The topological polar surface area (TPSA) is 54.9 Å². The Morgan fingerprint density at radius 3 is 2.88 bits per heavy atom. The van der Waals surface area contributed by atoms with Gasteiger partial charge in [-0.15, -0.1) is 23.1 Å². The van der Waals surface area contributed by atoms with Gasteiger partial charge in [0.25, 0.3) is 5.91 Å². The summed E-state index contributed by atoms with van der Waals surface area (Å²) in [5, 5.41) is 4.54. The van der Waals surface area contributed by atoms with E-state index in [-0.39, 0.29) is 5.91 Å². The van der Waals surface area contributed by atoms with E-state index in [0.717, 1.165) is 30.3 Å². The fourth-order valence-electron chi connectivity index (χ4n) is 2.47. The number of thiazole rings is 2. The zero-order valence-corrected chi connectivity index (χ0v) is 15.4. The Morgan fingerprint density at radius 2 is 2.04 bits per heavy atom. The molecule has 0 radical (unpaired) electrons. The van der Waals surface area contributed by atoms with Crippen LogP contribution in [-0.4, -0.2) is 22.1 Å². The van der Waals surface area contributed by atoms with E-state index >= 15 is 0 Å². The van der Waals surface area contributed by atoms with Crippen LogP contribution >= 0.6 is 34.4 Å². The van der Waals surface area contributed by atoms with Gasteiger partial charge in [-0.1, -0.05) is 17.4 Å². The van der Waals surface area contributed by atoms with Crippen LogP contribution in [0.3, 0.4) is 0 Å². The number of anilines is 1. The van der Waals surface area contributed by atoms with Crippen molar-refractivity contribution in [2.45, 2.75) is 11.8 Å². The molecule has 2 aromatic heterocycles. The molecule has 0 unspecified atom stereocenters. The van der Waals surface area contributed by atoms with Gasteiger partial charge in [0.1, 0.15) is 5.52 Å². The lowest BCUT2D eigenvalue weighted by Crippen LogP contribution is -2.11. The third kappa shape index (κ3) is 2.79. The highest BCUT2D eigenvalue weighted by Crippen LogP contribution is 2.34. The molecule has 0 aliphatic rings. The van der Waals surface area contributed by atoms with E-state index in [2.05, 4.69) is 15.3 Å². The van der Waals surface area contributed by atoms with E-state index in [4.69, 9.17) is 0 Å². The number of hydrogen-bond acceptors (Lipinski definition) is 6. The Kier molecular flexibility index (Phi) is 3.99. The number of nitrogens with one attached hydrogen (secondary N) is 1. The number of benzene rings is 2. The standard InChI is InChI=1S/C17H13N3OS3/c1-9-18-14-13(23-9)7-6-12-15(14)24-17(19-12)20-16(21)10-4-3-5-11(8-10)22-2/h3-8H,1-2H3,(H,19,20,21). The fraction of sp³-hybridized carbons (Fsp3) is 0.118. The van der Waals surface area contributed by atoms with Crippen LogP contribution in [0.4, 0.5) is 5.13 Å². The summed E-state index contributed by atoms with van der Waals surface area (Å²) in [6.07, 6.45) is 1.99. The molecule has 0 saturated carbocycles. The van der Waals surface area contributed by atoms with Gasteiger partial charge in [-0.3, -0.25) is 10.1 Å². The molecule has 2 heterocycles. The molecule has 0 saturated heterocycles. The highest BCUT2D eigenvalue weighted by Gasteiger charge is 2.13. The summed E-state index contributed by atoms with van der Waals surface area (Å²) >= 11 is 4.75. The van der Waals surface area contributed by atoms with Gasteiger partial charge in [-0.25, -0.2) is 9.97 Å². The fourth-order valence-corrected chi connectivity index (χ4v) is 4.79. The minimum absolute atomic E-state index is 0.143. The Morgan fingerprint density at radius 1 is 1.17 bits per heavy atom. The van der Waals surface area contributed by atoms with Gasteiger partial charge in [0, 0.05) is 10.5 Å². The zero-order valence-electron chi connectivity index (χ0n) is 13.0. The van der Waals surface area contributed by atoms with Crippen molar-refractivity contribution in [1.82, 2.24) is 9.97 Å². The summed E-state index contributed by atoms with van der Waals surface area (Å²) < 4.78 is 2.17. The Hall–Kier alpha value is -1.96. The Bertz CT molecular complexity index is 1070. The highest BCUT2D eigenvalue weighted by atomic mass is 32.2. The lowest BCUT2D eigenvalue weighted by atomic mass is 10.2. The number of aryl methyl sites for hydroxylation is 1. The number of hydrogen-bond donors (Lipinski definition) is 1. The maximum Gasteiger partial charge on any atom is 0.257 e. The van der Waals surface area contributed by atoms with Gasteiger partial charge in [0.05, 0.1) is 19.9 Å². The number of aromatic nitrogens is 2. The van der Waals surface area contributed by atoms with Gasteiger partial charge in [-0.05, 0) is 43.5 Å². The van der Waals surface area contributed by atoms with E-state index in [1.165, 1.54) is 11.3 Å². The number of fused-ring (bicyclic) bond motifs is 3. The van der Waals surface area contributed by atoms with Crippen molar-refractivity contribution in [3.63, 3.8) is 0 Å². The van der Waals surface area contributed by atoms with Gasteiger partial charge >= 0.3 is 0 Å². The Labute approximate surface area is 151 Å². The van der Waals surface area contributed by atoms with Crippen molar-refractivity contribution >= 4 is 65.9 Å². The SMILES string of the molecule is CSc1cccc(C(=O)Nc2nc3ccc4sc(C)nc4c3s2)c1. The van der Waals surface area contributed by atoms with Crippen LogP contribution in [0, 0.1) is 6.92 Å². The number of carbonyl (C=O) groups is 1. The molecule has 0 aliphatic heterocycles. The van der Waals surface area contributed by atoms with Gasteiger partial charge in [0.2, 0.25) is 0 Å². The van der Waals surface area contributed by atoms with Crippen molar-refractivity contribution in [2.24, 2.45) is 0 Å². The summed E-state index contributed by atoms with van der Waals surface area (Å²) in [6, 6.07) is 11.6. The summed E-state index contributed by atoms with van der Waals surface area (Å²) in [5.41, 5.74) is 2.47. The van der Waals surface area contributed by atoms with Crippen molar-refractivity contribution in [3.8, 4) is 0 Å². The average molecular weight is 372 g/mol. The smallest absolute Gasteiger partial charge is 0.257 e. The van der Waals surface area contributed by atoms with Gasteiger partial charge < -0.3 is 0 Å². The zero-order chi connectivity index (χ0) is 16.7. The number of rotatable bonds is 3. The third-order valence-corrected chi connectivity index (χ3v) is 6.23. The van der Waals surface area contributed by atoms with Crippen LogP contribution < -0.4 is 5.32 Å². The molecule has 24 heavy (non-hydrogen) atoms. The number of nitrogens with zero attached hydrogens (tertiary/aromatic N) is 2. The molecule has 4 rings (SSSR count). The normalized spacial score (nSPS) is 11.2. The second-order valence-corrected chi connectivity index (χ2v) is 8.31. The van der Waals surface area contributed by atoms with Gasteiger partial charge in [0.15, 0.2) is 5.13 Å². The van der Waals surface area contributed by atoms with Crippen LogP contribution in [-0.2, 0) is 0 Å². The lowest BCUT2D eigenvalue weighted by Gasteiger charge is -2.03. The first-order valence-corrected chi connectivity index (χ1v) is 10.1. The molecule has 1 amide bonds. The molecule has 7 heteroatoms. The predicted molar refractivity (Wildman–Crippen MR) is 104 cm³/mol. The minimum Gasteiger partial charge on any atom is -0.298 e. The largest absolute Gasteiger partial charge is 0.298 e. The second-order valence-electron chi connectivity index (χ2n) is 5.20. The Balaban J connectivity index is 1.69. The maximum absolute atomic E-state index is 12.5. The molecular formula is C17H13N3OS3. The molecule has 0 aliphatic carbocycles. The number of amides is 1. The predicted octanol–water partition coefficient (Wildman–Crippen LogP) is 5.19. The first-order valence-electron chi connectivity index (χ1n) is 7.26. The van der Waals surface area contributed by atoms with E-state index in [9.17, 15) is 4.79 Å². The van der Waals surface area contributed by atoms with Gasteiger partial charge in [-0.2, -0.15) is 0 Å². The van der Waals surface area contributed by atoms with E-state index < -0.39 is 0 Å². The summed E-state index contributed by atoms with van der Waals surface area (Å²) in [5.74, 6) is -0.143. The monoisotopic (exact) mass is 371 g/mol. The van der Waals surface area contributed by atoms with Crippen LogP contribution in [0.2, 0.25) is 0 Å². The van der Waals surface area contributed by atoms with Crippen molar-refractivity contribution in [3.05, 3.63) is 47.0 Å². The summed E-state index contributed by atoms with van der Waals surface area (Å²) in [7, 11) is 0. The minimum atomic E-state index is -0.143. The lowest BCUT2D eigenvalue weighted by molar-refractivity contribution is 0.102. The highest BCUT2D eigenvalue weighted by molar-refractivity contribution is 7.98. The van der Waals surface area contributed by atoms with Crippen molar-refractivity contribution < 1.29 is 4.79 Å². The molecule has 4 aromatic rings. The van der Waals surface area contributed by atoms with E-state index in [1.807, 2.05) is 49.6 Å². The first kappa shape index (κ1) is 15.6. The van der Waals surface area contributed by atoms with E-state index in [0.29, 0.717) is 10.7 Å². The molecule has 120 valence electrons. The van der Waals surface area contributed by atoms with Crippen molar-refractivity contribution in [1.29, 1.82) is 0 Å². The second kappa shape index (κ2) is 6.16. The van der Waals surface area contributed by atoms with E-state index in [1.54, 1.807) is 23.1 Å². The van der Waals surface area contributed by atoms with Crippen LogP contribution in [0.1, 0.15) is 15.4 Å². The maximum atomic E-state index is 12.5. The summed E-state index contributed by atoms with van der Waals surface area (Å²) in [6.45, 7) is 2.00. The first-order chi connectivity index (χ1) is 11.6. The third-order valence-electron chi connectivity index (χ3n) is 3.57. The van der Waals surface area contributed by atoms with Crippen LogP contribution in [0.15, 0.2) is 41.3 Å². The average Bonchev–Trinajstić information content (AvgIpc) is 3.16. The molecular weight excluding hydrogens is 358 g/mol. The molecule has 0 fully saturated rings. The number of thioether (sulfide) groups is 1. The molecule has 0 spiro atoms. The molecule has 0 atom stereocenters. The quantitative estimate of drug-likeness (QED) is 0.504. The van der Waals surface area contributed by atoms with Crippen molar-refractivity contribution in [2.75, 3.05) is 11.6 Å².